The molecule has 0 aliphatic carbocycles. The first kappa shape index (κ1) is 24.1. The molecule has 3 N–H and O–H groups in total. The number of hydrogen-bond acceptors (Lipinski definition) is 8. The first-order valence-corrected chi connectivity index (χ1v) is 10.2. The van der Waals surface area contributed by atoms with Crippen molar-refractivity contribution in [2.45, 2.75) is 19.8 Å². The maximum atomic E-state index is 13.0. The topological polar surface area (TPSA) is 161 Å². The summed E-state index contributed by atoms with van der Waals surface area (Å²) in [6.07, 6.45) is 1.48. The maximum Gasteiger partial charge on any atom is 0.336 e. The number of nitro benzene ring substituents is 1. The molecule has 0 saturated heterocycles. The van der Waals surface area contributed by atoms with E-state index in [4.69, 9.17) is 4.74 Å². The largest absolute Gasteiger partial charge is 0.478 e. The van der Waals surface area contributed by atoms with Crippen molar-refractivity contribution in [3.05, 3.63) is 92.6 Å². The number of ether oxygens (including phenoxy) is 1. The fourth-order valence-corrected chi connectivity index (χ4v) is 3.67. The Morgan fingerprint density at radius 2 is 1.88 bits per heavy atom. The number of aliphatic carboxylic acids is 1. The quantitative estimate of drug-likeness (QED) is 0.229. The van der Waals surface area contributed by atoms with Gasteiger partial charge in [0.05, 0.1) is 28.5 Å². The number of esters is 1. The van der Waals surface area contributed by atoms with Gasteiger partial charge in [0.25, 0.3) is 11.6 Å². The fourth-order valence-electron chi connectivity index (χ4n) is 3.67. The standard InChI is InChI=1S/C23H22N4O7/c1-13-18(22(29)30)20(15-6-5-7-16(12-15)27(32)33)19(14(2)26-13)23(31)34-11-10-25-21(28)17-8-3-4-9-24-17/h3-9,12,20,26H,10-11H2,1-2H3,(H,25,28)(H,29,30)/t20-/m1/s1. The van der Waals surface area contributed by atoms with E-state index in [2.05, 4.69) is 15.6 Å². The van der Waals surface area contributed by atoms with Gasteiger partial charge in [0, 0.05) is 29.7 Å². The molecule has 0 spiro atoms. The molecule has 1 atom stereocenters. The van der Waals surface area contributed by atoms with Crippen molar-refractivity contribution < 1.29 is 29.2 Å². The number of rotatable bonds is 8. The number of aromatic nitrogens is 1. The zero-order valence-electron chi connectivity index (χ0n) is 18.4. The highest BCUT2D eigenvalue weighted by Crippen LogP contribution is 2.39. The van der Waals surface area contributed by atoms with Crippen molar-refractivity contribution >= 4 is 23.5 Å². The lowest BCUT2D eigenvalue weighted by Crippen LogP contribution is -2.33. The molecule has 0 radical (unpaired) electrons. The molecule has 0 fully saturated rings. The molecule has 0 bridgehead atoms. The van der Waals surface area contributed by atoms with Gasteiger partial charge in [0.15, 0.2) is 0 Å². The number of carbonyl (C=O) groups excluding carboxylic acids is 2. The lowest BCUT2D eigenvalue weighted by atomic mass is 9.80. The van der Waals surface area contributed by atoms with E-state index in [-0.39, 0.29) is 41.2 Å². The third-order valence-corrected chi connectivity index (χ3v) is 5.14. The van der Waals surface area contributed by atoms with E-state index < -0.39 is 28.7 Å². The molecule has 11 nitrogen and oxygen atoms in total. The third-order valence-electron chi connectivity index (χ3n) is 5.14. The third kappa shape index (κ3) is 5.26. The van der Waals surface area contributed by atoms with Gasteiger partial charge in [-0.15, -0.1) is 0 Å². The van der Waals surface area contributed by atoms with Gasteiger partial charge in [-0.25, -0.2) is 9.59 Å². The SMILES string of the molecule is CC1=C(C(=O)O)[C@@H](c2cccc([N+](=O)[O-])c2)C(C(=O)OCCNC(=O)c2ccccn2)=C(C)N1. The first-order chi connectivity index (χ1) is 16.2. The van der Waals surface area contributed by atoms with Crippen LogP contribution in [0.2, 0.25) is 0 Å². The number of nitrogens with zero attached hydrogens (tertiary/aromatic N) is 2. The summed E-state index contributed by atoms with van der Waals surface area (Å²) < 4.78 is 5.31. The van der Waals surface area contributed by atoms with Crippen LogP contribution in [0.4, 0.5) is 5.69 Å². The molecule has 0 saturated carbocycles. The summed E-state index contributed by atoms with van der Waals surface area (Å²) in [5.41, 5.74) is 0.799. The molecule has 2 aromatic rings. The number of dihydropyridines is 1. The minimum Gasteiger partial charge on any atom is -0.478 e. The second-order valence-electron chi connectivity index (χ2n) is 7.40. The highest BCUT2D eigenvalue weighted by Gasteiger charge is 2.37. The monoisotopic (exact) mass is 466 g/mol. The summed E-state index contributed by atoms with van der Waals surface area (Å²) in [5.74, 6) is -3.61. The number of benzene rings is 1. The van der Waals surface area contributed by atoms with Crippen molar-refractivity contribution in [3.63, 3.8) is 0 Å². The average molecular weight is 466 g/mol. The number of hydrogen-bond donors (Lipinski definition) is 3. The molecular weight excluding hydrogens is 444 g/mol. The zero-order chi connectivity index (χ0) is 24.8. The normalized spacial score (nSPS) is 15.4. The molecule has 1 aliphatic rings. The summed E-state index contributed by atoms with van der Waals surface area (Å²) >= 11 is 0. The summed E-state index contributed by atoms with van der Waals surface area (Å²) in [5, 5.41) is 26.5. The molecule has 0 unspecified atom stereocenters. The highest BCUT2D eigenvalue weighted by atomic mass is 16.6. The molecule has 11 heteroatoms. The van der Waals surface area contributed by atoms with E-state index in [1.165, 1.54) is 36.5 Å². The number of allylic oxidation sites excluding steroid dienone is 2. The predicted molar refractivity (Wildman–Crippen MR) is 120 cm³/mol. The van der Waals surface area contributed by atoms with Crippen LogP contribution in [-0.2, 0) is 14.3 Å². The number of nitrogens with one attached hydrogen (secondary N) is 2. The number of carboxylic acid groups (broad SMARTS) is 1. The summed E-state index contributed by atoms with van der Waals surface area (Å²) in [6, 6.07) is 10.3. The van der Waals surface area contributed by atoms with Gasteiger partial charge in [-0.1, -0.05) is 18.2 Å². The molecule has 3 rings (SSSR count). The Morgan fingerprint density at radius 3 is 2.53 bits per heavy atom. The lowest BCUT2D eigenvalue weighted by Gasteiger charge is -2.29. The Hall–Kier alpha value is -4.54. The van der Waals surface area contributed by atoms with Crippen LogP contribution in [0.1, 0.15) is 35.8 Å². The molecule has 1 aromatic heterocycles. The Labute approximate surface area is 194 Å². The molecule has 1 aromatic carbocycles. The summed E-state index contributed by atoms with van der Waals surface area (Å²) in [7, 11) is 0. The molecule has 1 aliphatic heterocycles. The molecule has 34 heavy (non-hydrogen) atoms. The van der Waals surface area contributed by atoms with Gasteiger partial charge < -0.3 is 20.5 Å². The Morgan fingerprint density at radius 1 is 1.15 bits per heavy atom. The van der Waals surface area contributed by atoms with Crippen LogP contribution < -0.4 is 10.6 Å². The Balaban J connectivity index is 1.81. The number of pyridine rings is 1. The lowest BCUT2D eigenvalue weighted by molar-refractivity contribution is -0.384. The molecular formula is C23H22N4O7. The van der Waals surface area contributed by atoms with E-state index >= 15 is 0 Å². The van der Waals surface area contributed by atoms with Crippen molar-refractivity contribution in [2.75, 3.05) is 13.2 Å². The fraction of sp³-hybridized carbons (Fsp3) is 0.217. The Bertz CT molecular complexity index is 1200. The van der Waals surface area contributed by atoms with Crippen LogP contribution in [0.15, 0.2) is 71.2 Å². The van der Waals surface area contributed by atoms with Gasteiger partial charge in [-0.2, -0.15) is 0 Å². The minimum absolute atomic E-state index is 0.00301. The minimum atomic E-state index is -1.28. The van der Waals surface area contributed by atoms with E-state index in [0.717, 1.165) is 0 Å². The van der Waals surface area contributed by atoms with Gasteiger partial charge in [-0.05, 0) is 31.5 Å². The summed E-state index contributed by atoms with van der Waals surface area (Å²) in [6.45, 7) is 2.96. The van der Waals surface area contributed by atoms with Gasteiger partial charge >= 0.3 is 11.9 Å². The van der Waals surface area contributed by atoms with E-state index in [1.54, 1.807) is 26.0 Å². The number of carboxylic acids is 1. The second kappa shape index (κ2) is 10.4. The van der Waals surface area contributed by atoms with Crippen LogP contribution in [0.5, 0.6) is 0 Å². The van der Waals surface area contributed by atoms with Crippen molar-refractivity contribution in [1.29, 1.82) is 0 Å². The number of amides is 1. The van der Waals surface area contributed by atoms with Crippen LogP contribution in [-0.4, -0.2) is 46.0 Å². The van der Waals surface area contributed by atoms with Crippen LogP contribution in [0.3, 0.4) is 0 Å². The van der Waals surface area contributed by atoms with Gasteiger partial charge in [-0.3, -0.25) is 19.9 Å². The number of nitro groups is 1. The number of carbonyl (C=O) groups is 3. The van der Waals surface area contributed by atoms with E-state index in [1.807, 2.05) is 0 Å². The smallest absolute Gasteiger partial charge is 0.336 e. The van der Waals surface area contributed by atoms with Crippen LogP contribution in [0.25, 0.3) is 0 Å². The highest BCUT2D eigenvalue weighted by molar-refractivity contribution is 5.99. The molecule has 176 valence electrons. The van der Waals surface area contributed by atoms with E-state index in [0.29, 0.717) is 11.4 Å². The first-order valence-electron chi connectivity index (χ1n) is 10.2. The van der Waals surface area contributed by atoms with Crippen molar-refractivity contribution in [1.82, 2.24) is 15.6 Å². The van der Waals surface area contributed by atoms with Crippen LogP contribution in [0, 0.1) is 10.1 Å². The van der Waals surface area contributed by atoms with Gasteiger partial charge in [0.2, 0.25) is 0 Å². The van der Waals surface area contributed by atoms with Crippen LogP contribution >= 0.6 is 0 Å². The Kier molecular flexibility index (Phi) is 7.36. The summed E-state index contributed by atoms with van der Waals surface area (Å²) in [4.78, 5) is 51.7. The van der Waals surface area contributed by atoms with E-state index in [9.17, 15) is 29.6 Å². The zero-order valence-corrected chi connectivity index (χ0v) is 18.4. The molecule has 1 amide bonds. The van der Waals surface area contributed by atoms with Crippen molar-refractivity contribution in [2.24, 2.45) is 0 Å². The van der Waals surface area contributed by atoms with Crippen molar-refractivity contribution in [3.8, 4) is 0 Å². The number of non-ortho nitro benzene ring substituents is 1. The predicted octanol–water partition coefficient (Wildman–Crippen LogP) is 2.28. The average Bonchev–Trinajstić information content (AvgIpc) is 2.81. The molecule has 2 heterocycles. The maximum absolute atomic E-state index is 13.0. The van der Waals surface area contributed by atoms with Gasteiger partial charge in [0.1, 0.15) is 12.3 Å². The second-order valence-corrected chi connectivity index (χ2v) is 7.40.